The van der Waals surface area contributed by atoms with Crippen LogP contribution >= 0.6 is 0 Å². The molecule has 0 radical (unpaired) electrons. The number of aromatic nitrogens is 2. The molecule has 1 aliphatic rings. The zero-order valence-corrected chi connectivity index (χ0v) is 12.2. The lowest BCUT2D eigenvalue weighted by Gasteiger charge is -2.45. The van der Waals surface area contributed by atoms with Crippen molar-refractivity contribution in [3.8, 4) is 0 Å². The Morgan fingerprint density at radius 1 is 1.62 bits per heavy atom. The van der Waals surface area contributed by atoms with Gasteiger partial charge in [0.1, 0.15) is 0 Å². The van der Waals surface area contributed by atoms with Gasteiger partial charge < -0.3 is 20.5 Å². The Morgan fingerprint density at radius 2 is 2.38 bits per heavy atom. The molecule has 2 rings (SSSR count). The summed E-state index contributed by atoms with van der Waals surface area (Å²) in [4.78, 5) is 16.9. The van der Waals surface area contributed by atoms with E-state index in [1.807, 2.05) is 11.8 Å². The minimum absolute atomic E-state index is 0.0606. The molecule has 0 unspecified atom stereocenters. The average molecular weight is 298 g/mol. The molecule has 1 aliphatic heterocycles. The van der Waals surface area contributed by atoms with E-state index >= 15 is 0 Å². The van der Waals surface area contributed by atoms with Gasteiger partial charge in [-0.15, -0.1) is 0 Å². The zero-order chi connectivity index (χ0) is 15.5. The van der Waals surface area contributed by atoms with Gasteiger partial charge in [-0.25, -0.2) is 0 Å². The van der Waals surface area contributed by atoms with Gasteiger partial charge in [-0.1, -0.05) is 18.5 Å². The van der Waals surface area contributed by atoms with Crippen molar-refractivity contribution in [2.75, 3.05) is 19.7 Å². The van der Waals surface area contributed by atoms with E-state index in [2.05, 4.69) is 10.1 Å². The van der Waals surface area contributed by atoms with Gasteiger partial charge in [-0.2, -0.15) is 4.98 Å². The van der Waals surface area contributed by atoms with E-state index in [0.29, 0.717) is 31.9 Å². The van der Waals surface area contributed by atoms with E-state index in [9.17, 15) is 15.0 Å². The number of rotatable bonds is 6. The van der Waals surface area contributed by atoms with Gasteiger partial charge in [0, 0.05) is 18.5 Å². The quantitative estimate of drug-likeness (QED) is 0.647. The molecule has 8 nitrogen and oxygen atoms in total. The number of hydrogen-bond acceptors (Lipinski definition) is 7. The fourth-order valence-corrected chi connectivity index (χ4v) is 2.96. The molecule has 2 atom stereocenters. The highest BCUT2D eigenvalue weighted by atomic mass is 16.5. The molecule has 118 valence electrons. The molecular weight excluding hydrogens is 276 g/mol. The highest BCUT2D eigenvalue weighted by molar-refractivity contribution is 5.88. The fraction of sp³-hybridized carbons (Fsp3) is 0.769. The number of likely N-dealkylation sites (tertiary alicyclic amines) is 1. The normalized spacial score (nSPS) is 26.9. The fourth-order valence-electron chi connectivity index (χ4n) is 2.96. The van der Waals surface area contributed by atoms with Crippen molar-refractivity contribution in [2.45, 2.75) is 38.8 Å². The Labute approximate surface area is 122 Å². The van der Waals surface area contributed by atoms with Crippen LogP contribution in [-0.4, -0.2) is 57.0 Å². The molecule has 0 aliphatic carbocycles. The molecule has 0 saturated carbocycles. The third-order valence-corrected chi connectivity index (χ3v) is 4.07. The van der Waals surface area contributed by atoms with Crippen LogP contribution in [0.3, 0.4) is 0 Å². The van der Waals surface area contributed by atoms with Crippen molar-refractivity contribution < 1.29 is 19.5 Å². The maximum Gasteiger partial charge on any atom is 0.290 e. The number of amides is 1. The van der Waals surface area contributed by atoms with E-state index < -0.39 is 17.4 Å². The Balaban J connectivity index is 2.05. The molecule has 0 spiro atoms. The number of aliphatic hydroxyl groups excluding tert-OH is 2. The lowest BCUT2D eigenvalue weighted by Crippen LogP contribution is -2.53. The second kappa shape index (κ2) is 6.50. The van der Waals surface area contributed by atoms with Crippen molar-refractivity contribution in [3.63, 3.8) is 0 Å². The molecule has 1 saturated heterocycles. The maximum atomic E-state index is 10.9. The summed E-state index contributed by atoms with van der Waals surface area (Å²) < 4.78 is 4.99. The Hall–Kier alpha value is -1.51. The van der Waals surface area contributed by atoms with Crippen LogP contribution in [0.25, 0.3) is 0 Å². The average Bonchev–Trinajstić information content (AvgIpc) is 2.91. The molecule has 1 amide bonds. The second-order valence-corrected chi connectivity index (χ2v) is 5.66. The van der Waals surface area contributed by atoms with Gasteiger partial charge in [0.05, 0.1) is 19.3 Å². The third kappa shape index (κ3) is 3.39. The van der Waals surface area contributed by atoms with E-state index in [0.717, 1.165) is 12.8 Å². The van der Waals surface area contributed by atoms with Crippen molar-refractivity contribution in [2.24, 2.45) is 11.1 Å². The smallest absolute Gasteiger partial charge is 0.290 e. The van der Waals surface area contributed by atoms with E-state index in [1.165, 1.54) is 0 Å². The van der Waals surface area contributed by atoms with E-state index in [4.69, 9.17) is 10.3 Å². The van der Waals surface area contributed by atoms with E-state index in [-0.39, 0.29) is 12.4 Å². The molecule has 0 aromatic carbocycles. The summed E-state index contributed by atoms with van der Waals surface area (Å²) in [5.74, 6) is -0.553. The molecule has 0 bridgehead atoms. The van der Waals surface area contributed by atoms with E-state index in [1.54, 1.807) is 0 Å². The molecule has 1 fully saturated rings. The second-order valence-electron chi connectivity index (χ2n) is 5.66. The minimum Gasteiger partial charge on any atom is -0.396 e. The standard InChI is InChI=1S/C13H22N4O4/c1-2-4-13(8-18)7-17(5-3-9(13)19)6-10-15-12(11(14)20)16-21-10/h9,18-19H,2-8H2,1H3,(H2,14,20)/t9-,13-/m0/s1. The third-order valence-electron chi connectivity index (χ3n) is 4.07. The Morgan fingerprint density at radius 3 is 2.95 bits per heavy atom. The number of nitrogens with two attached hydrogens (primary N) is 1. The van der Waals surface area contributed by atoms with Gasteiger partial charge in [0.25, 0.3) is 11.7 Å². The Kier molecular flexibility index (Phi) is 4.92. The van der Waals surface area contributed by atoms with Crippen LogP contribution in [0.5, 0.6) is 0 Å². The van der Waals surface area contributed by atoms with Crippen LogP contribution in [0, 0.1) is 5.41 Å². The van der Waals surface area contributed by atoms with Gasteiger partial charge in [-0.3, -0.25) is 9.69 Å². The van der Waals surface area contributed by atoms with Crippen molar-refractivity contribution in [3.05, 3.63) is 11.7 Å². The molecular formula is C13H22N4O4. The molecule has 21 heavy (non-hydrogen) atoms. The highest BCUT2D eigenvalue weighted by Gasteiger charge is 2.41. The molecule has 4 N–H and O–H groups in total. The predicted octanol–water partition coefficient (Wildman–Crippen LogP) is -0.486. The SMILES string of the molecule is CCC[C@@]1(CO)CN(Cc2nc(C(N)=O)no2)CC[C@@H]1O. The zero-order valence-electron chi connectivity index (χ0n) is 12.2. The first kappa shape index (κ1) is 15.9. The summed E-state index contributed by atoms with van der Waals surface area (Å²) in [6, 6.07) is 0. The number of carbonyl (C=O) groups excluding carboxylic acids is 1. The lowest BCUT2D eigenvalue weighted by atomic mass is 9.74. The maximum absolute atomic E-state index is 10.9. The molecule has 1 aromatic heterocycles. The Bertz CT molecular complexity index is 492. The summed E-state index contributed by atoms with van der Waals surface area (Å²) >= 11 is 0. The number of primary amides is 1. The first-order valence-corrected chi connectivity index (χ1v) is 7.14. The van der Waals surface area contributed by atoms with Gasteiger partial charge >= 0.3 is 0 Å². The number of aliphatic hydroxyl groups is 2. The van der Waals surface area contributed by atoms with Crippen LogP contribution in [0.1, 0.15) is 42.7 Å². The van der Waals surface area contributed by atoms with Crippen molar-refractivity contribution >= 4 is 5.91 Å². The topological polar surface area (TPSA) is 126 Å². The summed E-state index contributed by atoms with van der Waals surface area (Å²) in [6.45, 7) is 3.56. The first-order valence-electron chi connectivity index (χ1n) is 7.14. The van der Waals surface area contributed by atoms with Crippen molar-refractivity contribution in [1.82, 2.24) is 15.0 Å². The number of carbonyl (C=O) groups is 1. The van der Waals surface area contributed by atoms with Crippen LogP contribution < -0.4 is 5.73 Å². The van der Waals surface area contributed by atoms with Crippen LogP contribution in [0.4, 0.5) is 0 Å². The highest BCUT2D eigenvalue weighted by Crippen LogP contribution is 2.35. The minimum atomic E-state index is -0.727. The monoisotopic (exact) mass is 298 g/mol. The lowest BCUT2D eigenvalue weighted by molar-refractivity contribution is -0.0835. The summed E-state index contributed by atoms with van der Waals surface area (Å²) in [5.41, 5.74) is 4.56. The van der Waals surface area contributed by atoms with Crippen LogP contribution in [0.15, 0.2) is 4.52 Å². The van der Waals surface area contributed by atoms with Crippen LogP contribution in [0.2, 0.25) is 0 Å². The molecule has 1 aromatic rings. The van der Waals surface area contributed by atoms with Gasteiger partial charge in [0.2, 0.25) is 5.89 Å². The summed E-state index contributed by atoms with van der Waals surface area (Å²) in [5, 5.41) is 23.4. The van der Waals surface area contributed by atoms with Gasteiger partial charge in [0.15, 0.2) is 0 Å². The predicted molar refractivity (Wildman–Crippen MR) is 73.1 cm³/mol. The number of piperidine rings is 1. The van der Waals surface area contributed by atoms with Crippen LogP contribution in [-0.2, 0) is 6.54 Å². The van der Waals surface area contributed by atoms with Gasteiger partial charge in [-0.05, 0) is 12.8 Å². The van der Waals surface area contributed by atoms with Crippen molar-refractivity contribution in [1.29, 1.82) is 0 Å². The number of hydrogen-bond donors (Lipinski definition) is 3. The largest absolute Gasteiger partial charge is 0.396 e. The molecule has 8 heteroatoms. The summed E-state index contributed by atoms with van der Waals surface area (Å²) in [6.07, 6.45) is 1.70. The number of nitrogens with zero attached hydrogens (tertiary/aromatic N) is 3. The first-order chi connectivity index (χ1) is 10.0. The molecule has 2 heterocycles. The summed E-state index contributed by atoms with van der Waals surface area (Å²) in [7, 11) is 0.